The summed E-state index contributed by atoms with van der Waals surface area (Å²) < 4.78 is 12.8. The van der Waals surface area contributed by atoms with Crippen LogP contribution in [0.4, 0.5) is 5.69 Å². The summed E-state index contributed by atoms with van der Waals surface area (Å²) in [6, 6.07) is 40.3. The number of nitrogens with two attached hydrogens (primary N) is 1. The van der Waals surface area contributed by atoms with Gasteiger partial charge in [0.2, 0.25) is 0 Å². The van der Waals surface area contributed by atoms with Crippen LogP contribution < -0.4 is 5.73 Å². The first-order chi connectivity index (χ1) is 22.7. The van der Waals surface area contributed by atoms with Crippen LogP contribution in [0.5, 0.6) is 0 Å². The van der Waals surface area contributed by atoms with Crippen molar-refractivity contribution in [1.29, 1.82) is 0 Å². The molecule has 2 heterocycles. The fourth-order valence-corrected chi connectivity index (χ4v) is 7.28. The van der Waals surface area contributed by atoms with Crippen molar-refractivity contribution >= 4 is 55.1 Å². The smallest absolute Gasteiger partial charge is 0.137 e. The largest absolute Gasteiger partial charge is 0.456 e. The average molecular weight is 594 g/mol. The van der Waals surface area contributed by atoms with Crippen molar-refractivity contribution in [3.05, 3.63) is 145 Å². The normalized spacial score (nSPS) is 13.3. The zero-order valence-electron chi connectivity index (χ0n) is 25.5. The number of hydrogen-bond donors (Lipinski definition) is 1. The minimum atomic E-state index is 0.708. The second-order valence-electron chi connectivity index (χ2n) is 12.2. The Bertz CT molecular complexity index is 2560. The Balaban J connectivity index is 1.32. The Morgan fingerprint density at radius 2 is 1.24 bits per heavy atom. The molecule has 2 N–H and O–H groups in total. The number of benzene rings is 6. The van der Waals surface area contributed by atoms with Crippen LogP contribution >= 0.6 is 0 Å². The molecular weight excluding hydrogens is 562 g/mol. The Morgan fingerprint density at radius 1 is 0.543 bits per heavy atom. The molecule has 0 atom stereocenters. The first-order valence-corrected chi connectivity index (χ1v) is 15.9. The molecular formula is C43H31NO2. The van der Waals surface area contributed by atoms with Gasteiger partial charge >= 0.3 is 0 Å². The molecule has 1 aliphatic carbocycles. The van der Waals surface area contributed by atoms with Crippen molar-refractivity contribution in [1.82, 2.24) is 0 Å². The first kappa shape index (κ1) is 26.6. The molecule has 220 valence electrons. The lowest BCUT2D eigenvalue weighted by Gasteiger charge is -2.16. The van der Waals surface area contributed by atoms with Crippen LogP contribution in [0.2, 0.25) is 0 Å². The van der Waals surface area contributed by atoms with E-state index in [1.54, 1.807) is 0 Å². The van der Waals surface area contributed by atoms with Gasteiger partial charge in [0.15, 0.2) is 0 Å². The van der Waals surface area contributed by atoms with Crippen molar-refractivity contribution < 1.29 is 8.83 Å². The zero-order chi connectivity index (χ0) is 30.8. The second-order valence-corrected chi connectivity index (χ2v) is 12.2. The number of fused-ring (bicyclic) bond motifs is 6. The highest BCUT2D eigenvalue weighted by molar-refractivity contribution is 6.21. The molecule has 0 radical (unpaired) electrons. The molecule has 6 aromatic carbocycles. The number of aryl methyl sites for hydroxylation is 1. The molecule has 0 amide bonds. The van der Waals surface area contributed by atoms with E-state index in [0.717, 1.165) is 90.1 Å². The Kier molecular flexibility index (Phi) is 6.01. The van der Waals surface area contributed by atoms with Crippen molar-refractivity contribution in [3.63, 3.8) is 0 Å². The van der Waals surface area contributed by atoms with Gasteiger partial charge in [-0.25, -0.2) is 0 Å². The van der Waals surface area contributed by atoms with Crippen LogP contribution in [0.15, 0.2) is 142 Å². The predicted octanol–water partition coefficient (Wildman–Crippen LogP) is 12.1. The van der Waals surface area contributed by atoms with E-state index < -0.39 is 0 Å². The number of anilines is 1. The van der Waals surface area contributed by atoms with E-state index in [-0.39, 0.29) is 0 Å². The van der Waals surface area contributed by atoms with E-state index >= 15 is 0 Å². The summed E-state index contributed by atoms with van der Waals surface area (Å²) in [6.45, 7) is 2.16. The van der Waals surface area contributed by atoms with Crippen LogP contribution in [-0.2, 0) is 0 Å². The van der Waals surface area contributed by atoms with Gasteiger partial charge < -0.3 is 14.6 Å². The molecule has 0 aliphatic heterocycles. The number of allylic oxidation sites excluding steroid dienone is 4. The molecule has 1 aliphatic rings. The maximum atomic E-state index is 7.27. The Morgan fingerprint density at radius 3 is 2.11 bits per heavy atom. The number of nitrogen functional groups attached to an aromatic ring is 1. The van der Waals surface area contributed by atoms with Crippen LogP contribution in [0.3, 0.4) is 0 Å². The van der Waals surface area contributed by atoms with Gasteiger partial charge in [-0.2, -0.15) is 0 Å². The van der Waals surface area contributed by atoms with E-state index in [1.807, 2.05) is 18.2 Å². The molecule has 3 heteroatoms. The van der Waals surface area contributed by atoms with E-state index in [2.05, 4.69) is 122 Å². The fourth-order valence-electron chi connectivity index (χ4n) is 7.28. The average Bonchev–Trinajstić information content (AvgIpc) is 3.68. The lowest BCUT2D eigenvalue weighted by Crippen LogP contribution is -1.95. The van der Waals surface area contributed by atoms with Gasteiger partial charge in [0.05, 0.1) is 11.1 Å². The minimum absolute atomic E-state index is 0.708. The molecule has 8 aromatic rings. The van der Waals surface area contributed by atoms with E-state index in [4.69, 9.17) is 14.6 Å². The van der Waals surface area contributed by atoms with Crippen LogP contribution in [0.1, 0.15) is 24.0 Å². The van der Waals surface area contributed by atoms with E-state index in [1.165, 1.54) is 16.7 Å². The van der Waals surface area contributed by atoms with Gasteiger partial charge in [0.25, 0.3) is 0 Å². The molecule has 2 aromatic heterocycles. The Hall–Kier alpha value is -5.80. The number of rotatable bonds is 4. The van der Waals surface area contributed by atoms with Crippen molar-refractivity contribution in [2.24, 2.45) is 0 Å². The highest BCUT2D eigenvalue weighted by Crippen LogP contribution is 2.48. The summed E-state index contributed by atoms with van der Waals surface area (Å²) in [7, 11) is 0. The van der Waals surface area contributed by atoms with E-state index in [0.29, 0.717) is 5.69 Å². The fraction of sp³-hybridized carbons (Fsp3) is 0.0698. The van der Waals surface area contributed by atoms with Crippen LogP contribution in [0, 0.1) is 6.92 Å². The highest BCUT2D eigenvalue weighted by atomic mass is 16.3. The third-order valence-electron chi connectivity index (χ3n) is 9.45. The maximum Gasteiger partial charge on any atom is 0.137 e. The summed E-state index contributed by atoms with van der Waals surface area (Å²) in [6.07, 6.45) is 8.97. The molecule has 0 saturated carbocycles. The molecule has 3 nitrogen and oxygen atoms in total. The lowest BCUT2D eigenvalue weighted by atomic mass is 9.87. The summed E-state index contributed by atoms with van der Waals surface area (Å²) in [4.78, 5) is 0. The van der Waals surface area contributed by atoms with Crippen molar-refractivity contribution in [2.75, 3.05) is 5.73 Å². The molecule has 0 spiro atoms. The van der Waals surface area contributed by atoms with Crippen LogP contribution in [-0.4, -0.2) is 0 Å². The third-order valence-corrected chi connectivity index (χ3v) is 9.45. The standard InChI is InChI=1S/C43H31NO2/c1-26-11-5-6-16-30(26)39-32(21-23-37-41(39)34-17-7-8-19-35(34)45-37)33-22-24-38-42(43(33)44)40-31(18-10-20-36(40)46-38)29-15-9-14-28(25-29)27-12-3-2-4-13-27/h3,5-25H,2,4,44H2,1H3. The molecule has 0 fully saturated rings. The third kappa shape index (κ3) is 4.05. The minimum Gasteiger partial charge on any atom is -0.456 e. The van der Waals surface area contributed by atoms with Crippen LogP contribution in [0.25, 0.3) is 82.8 Å². The van der Waals surface area contributed by atoms with Gasteiger partial charge in [-0.3, -0.25) is 0 Å². The number of para-hydroxylation sites is 1. The Labute approximate surface area is 266 Å². The van der Waals surface area contributed by atoms with Crippen molar-refractivity contribution in [3.8, 4) is 33.4 Å². The lowest BCUT2D eigenvalue weighted by molar-refractivity contribution is 0.668. The van der Waals surface area contributed by atoms with Gasteiger partial charge in [-0.15, -0.1) is 0 Å². The van der Waals surface area contributed by atoms with Gasteiger partial charge in [0.1, 0.15) is 22.3 Å². The number of furan rings is 2. The first-order valence-electron chi connectivity index (χ1n) is 15.9. The molecule has 0 unspecified atom stereocenters. The molecule has 9 rings (SSSR count). The highest BCUT2D eigenvalue weighted by Gasteiger charge is 2.23. The topological polar surface area (TPSA) is 52.3 Å². The summed E-state index contributed by atoms with van der Waals surface area (Å²) >= 11 is 0. The summed E-state index contributed by atoms with van der Waals surface area (Å²) in [5.74, 6) is 0. The van der Waals surface area contributed by atoms with Gasteiger partial charge in [0, 0.05) is 27.3 Å². The monoisotopic (exact) mass is 593 g/mol. The molecule has 0 saturated heterocycles. The molecule has 46 heavy (non-hydrogen) atoms. The summed E-state index contributed by atoms with van der Waals surface area (Å²) in [5, 5.41) is 4.17. The number of hydrogen-bond acceptors (Lipinski definition) is 3. The predicted molar refractivity (Wildman–Crippen MR) is 193 cm³/mol. The van der Waals surface area contributed by atoms with Crippen molar-refractivity contribution in [2.45, 2.75) is 19.8 Å². The maximum absolute atomic E-state index is 7.27. The SMILES string of the molecule is Cc1ccccc1-c1c(-c2ccc3oc4cccc(-c5cccc(C6=CCCC=C6)c5)c4c3c2N)ccc2oc3ccccc3c12. The quantitative estimate of drug-likeness (QED) is 0.207. The van der Waals surface area contributed by atoms with Gasteiger partial charge in [-0.05, 0) is 101 Å². The molecule has 0 bridgehead atoms. The van der Waals surface area contributed by atoms with E-state index in [9.17, 15) is 0 Å². The summed E-state index contributed by atoms with van der Waals surface area (Å²) in [5.41, 5.74) is 21.6. The van der Waals surface area contributed by atoms with Gasteiger partial charge in [-0.1, -0.05) is 91.0 Å². The zero-order valence-corrected chi connectivity index (χ0v) is 25.5. The second kappa shape index (κ2) is 10.4.